The Morgan fingerprint density at radius 3 is 2.74 bits per heavy atom. The van der Waals surface area contributed by atoms with Gasteiger partial charge in [-0.15, -0.1) is 10.2 Å². The number of nitrogens with one attached hydrogen (secondary N) is 2. The van der Waals surface area contributed by atoms with Gasteiger partial charge in [0.2, 0.25) is 16.0 Å². The smallest absolute Gasteiger partial charge is 0.241 e. The number of aryl methyl sites for hydroxylation is 1. The predicted octanol–water partition coefficient (Wildman–Crippen LogP) is 4.00. The molecule has 0 bridgehead atoms. The monoisotopic (exact) mass is 535 g/mol. The number of anilines is 1. The van der Waals surface area contributed by atoms with Crippen molar-refractivity contribution in [2.75, 3.05) is 11.9 Å². The third kappa shape index (κ3) is 4.76. The Hall–Kier alpha value is -3.44. The largest absolute Gasteiger partial charge is 0.351 e. The molecule has 198 valence electrons. The summed E-state index contributed by atoms with van der Waals surface area (Å²) in [6, 6.07) is 7.63. The van der Waals surface area contributed by atoms with E-state index in [4.69, 9.17) is 0 Å². The van der Waals surface area contributed by atoms with E-state index in [1.807, 2.05) is 35.8 Å². The van der Waals surface area contributed by atoms with Crippen LogP contribution in [0.2, 0.25) is 0 Å². The fraction of sp³-hybridized carbons (Fsp3) is 0.407. The minimum Gasteiger partial charge on any atom is -0.351 e. The van der Waals surface area contributed by atoms with Crippen molar-refractivity contribution in [1.29, 1.82) is 0 Å². The van der Waals surface area contributed by atoms with E-state index in [9.17, 15) is 12.8 Å². The molecule has 1 unspecified atom stereocenters. The van der Waals surface area contributed by atoms with E-state index in [1.165, 1.54) is 13.8 Å². The lowest BCUT2D eigenvalue weighted by Crippen LogP contribution is -2.36. The van der Waals surface area contributed by atoms with Crippen molar-refractivity contribution >= 4 is 26.7 Å². The van der Waals surface area contributed by atoms with Crippen LogP contribution in [0.5, 0.6) is 0 Å². The lowest BCUT2D eigenvalue weighted by atomic mass is 10.0. The van der Waals surface area contributed by atoms with E-state index in [1.54, 1.807) is 18.7 Å². The Balaban J connectivity index is 1.38. The first-order valence-corrected chi connectivity index (χ1v) is 14.3. The normalized spacial score (nSPS) is 17.6. The number of hydrogen-bond acceptors (Lipinski definition) is 7. The van der Waals surface area contributed by atoms with Crippen LogP contribution >= 0.6 is 0 Å². The van der Waals surface area contributed by atoms with E-state index in [-0.39, 0.29) is 17.5 Å². The lowest BCUT2D eigenvalue weighted by Gasteiger charge is -2.18. The van der Waals surface area contributed by atoms with Gasteiger partial charge in [-0.3, -0.25) is 14.5 Å². The number of nitrogens with zero attached hydrogens (tertiary/aromatic N) is 5. The van der Waals surface area contributed by atoms with Gasteiger partial charge >= 0.3 is 0 Å². The number of sulfonamides is 1. The Labute approximate surface area is 221 Å². The van der Waals surface area contributed by atoms with Gasteiger partial charge in [-0.25, -0.2) is 17.5 Å². The van der Waals surface area contributed by atoms with Gasteiger partial charge in [0.1, 0.15) is 12.0 Å². The van der Waals surface area contributed by atoms with E-state index < -0.39 is 15.7 Å². The van der Waals surface area contributed by atoms with Crippen LogP contribution in [-0.2, 0) is 22.9 Å². The molecule has 4 aromatic rings. The highest BCUT2D eigenvalue weighted by Crippen LogP contribution is 2.42. The minimum absolute atomic E-state index is 0.107. The summed E-state index contributed by atoms with van der Waals surface area (Å²) in [6.45, 7) is 4.33. The molecule has 0 saturated heterocycles. The molecule has 3 aromatic heterocycles. The number of fused-ring (bicyclic) bond motifs is 2. The zero-order valence-electron chi connectivity index (χ0n) is 21.6. The first-order valence-electron chi connectivity index (χ1n) is 12.8. The molecular formula is C27H30FN7O2S. The van der Waals surface area contributed by atoms with Crippen molar-refractivity contribution in [2.24, 2.45) is 0 Å². The molecule has 0 amide bonds. The number of hydrogen-bond donors (Lipinski definition) is 2. The van der Waals surface area contributed by atoms with Gasteiger partial charge in [0.25, 0.3) is 0 Å². The molecule has 9 nitrogen and oxygen atoms in total. The zero-order valence-corrected chi connectivity index (χ0v) is 22.4. The summed E-state index contributed by atoms with van der Waals surface area (Å²) in [5.74, 6) is 0.931. The van der Waals surface area contributed by atoms with E-state index in [2.05, 4.69) is 30.2 Å². The predicted molar refractivity (Wildman–Crippen MR) is 143 cm³/mol. The summed E-state index contributed by atoms with van der Waals surface area (Å²) in [4.78, 5) is 9.21. The molecular weight excluding hydrogens is 505 g/mol. The highest BCUT2D eigenvalue weighted by atomic mass is 32.2. The van der Waals surface area contributed by atoms with Crippen molar-refractivity contribution in [3.8, 4) is 5.69 Å². The molecule has 1 atom stereocenters. The first-order chi connectivity index (χ1) is 18.1. The van der Waals surface area contributed by atoms with Crippen molar-refractivity contribution in [3.63, 3.8) is 0 Å². The van der Waals surface area contributed by atoms with Crippen molar-refractivity contribution in [1.82, 2.24) is 29.5 Å². The number of pyridine rings is 2. The molecule has 2 aliphatic carbocycles. The van der Waals surface area contributed by atoms with E-state index in [0.29, 0.717) is 30.1 Å². The fourth-order valence-corrected chi connectivity index (χ4v) is 6.82. The van der Waals surface area contributed by atoms with Crippen LogP contribution in [0.3, 0.4) is 0 Å². The average Bonchev–Trinajstić information content (AvgIpc) is 3.49. The maximum absolute atomic E-state index is 14.3. The first kappa shape index (κ1) is 24.9. The quantitative estimate of drug-likeness (QED) is 0.350. The minimum atomic E-state index is -4.00. The summed E-state index contributed by atoms with van der Waals surface area (Å²) in [6.07, 6.45) is 8.33. The summed E-state index contributed by atoms with van der Waals surface area (Å²) in [5.41, 5.74) is 2.61. The molecule has 2 aliphatic rings. The third-order valence-electron chi connectivity index (χ3n) is 7.18. The fourth-order valence-electron chi connectivity index (χ4n) is 5.14. The number of alkyl halides is 1. The van der Waals surface area contributed by atoms with Crippen LogP contribution in [0, 0.1) is 6.92 Å². The van der Waals surface area contributed by atoms with Gasteiger partial charge in [-0.05, 0) is 81.8 Å². The van der Waals surface area contributed by atoms with Crippen LogP contribution in [0.25, 0.3) is 16.5 Å². The van der Waals surface area contributed by atoms with Crippen molar-refractivity contribution in [2.45, 2.75) is 69.0 Å². The summed E-state index contributed by atoms with van der Waals surface area (Å²) in [7, 11) is -4.00. The Kier molecular flexibility index (Phi) is 5.95. The Morgan fingerprint density at radius 1 is 1.18 bits per heavy atom. The molecule has 0 aliphatic heterocycles. The molecule has 2 N–H and O–H groups in total. The number of benzene rings is 1. The molecule has 0 radical (unpaired) electrons. The lowest BCUT2D eigenvalue weighted by molar-refractivity contribution is 0.221. The average molecular weight is 536 g/mol. The van der Waals surface area contributed by atoms with Crippen molar-refractivity contribution in [3.05, 3.63) is 65.5 Å². The second kappa shape index (κ2) is 9.09. The Bertz CT molecular complexity index is 1640. The SMILES string of the molecule is Cc1ncccc1-n1cnnc1NC1Cc2cc3cnc(C4CC4)cc3c(S(=O)(=O)NCC(C)(C)F)c2C1. The molecule has 6 rings (SSSR count). The highest BCUT2D eigenvalue weighted by Gasteiger charge is 2.34. The third-order valence-corrected chi connectivity index (χ3v) is 8.70. The van der Waals surface area contributed by atoms with Crippen LogP contribution < -0.4 is 10.0 Å². The summed E-state index contributed by atoms with van der Waals surface area (Å²) < 4.78 is 46.1. The van der Waals surface area contributed by atoms with Crippen LogP contribution in [0.1, 0.15) is 55.1 Å². The molecule has 11 heteroatoms. The standard InChI is InChI=1S/C27H30FN7O2S/c1-16-24(5-4-8-29-16)35-15-31-34-26(35)33-20-10-18-9-19-13-30-23(17-6-7-17)12-22(19)25(21(18)11-20)38(36,37)32-14-27(2,3)28/h4-5,8-9,12-13,15,17,20,32H,6-7,10-11,14H2,1-3H3,(H,33,34). The maximum Gasteiger partial charge on any atom is 0.241 e. The molecule has 1 saturated carbocycles. The van der Waals surface area contributed by atoms with Gasteiger partial charge in [0.15, 0.2) is 0 Å². The van der Waals surface area contributed by atoms with E-state index >= 15 is 0 Å². The second-order valence-electron chi connectivity index (χ2n) is 10.9. The topological polar surface area (TPSA) is 115 Å². The van der Waals surface area contributed by atoms with Crippen molar-refractivity contribution < 1.29 is 12.8 Å². The molecule has 3 heterocycles. The molecule has 1 fully saturated rings. The van der Waals surface area contributed by atoms with E-state index in [0.717, 1.165) is 46.4 Å². The number of halogens is 1. The van der Waals surface area contributed by atoms with Gasteiger partial charge in [0.05, 0.1) is 16.3 Å². The summed E-state index contributed by atoms with van der Waals surface area (Å²) >= 11 is 0. The van der Waals surface area contributed by atoms with Gasteiger partial charge in [0, 0.05) is 47.4 Å². The molecule has 1 aromatic carbocycles. The second-order valence-corrected chi connectivity index (χ2v) is 12.6. The molecule has 0 spiro atoms. The van der Waals surface area contributed by atoms with Crippen LogP contribution in [0.15, 0.2) is 47.9 Å². The van der Waals surface area contributed by atoms with Gasteiger partial charge < -0.3 is 5.32 Å². The molecule has 38 heavy (non-hydrogen) atoms. The van der Waals surface area contributed by atoms with Gasteiger partial charge in [-0.2, -0.15) is 0 Å². The summed E-state index contributed by atoms with van der Waals surface area (Å²) in [5, 5.41) is 13.2. The van der Waals surface area contributed by atoms with Gasteiger partial charge in [-0.1, -0.05) is 0 Å². The maximum atomic E-state index is 14.3. The highest BCUT2D eigenvalue weighted by molar-refractivity contribution is 7.89. The number of rotatable bonds is 8. The van der Waals surface area contributed by atoms with Crippen LogP contribution in [0.4, 0.5) is 10.3 Å². The zero-order chi connectivity index (χ0) is 26.7. The number of aromatic nitrogens is 5. The Morgan fingerprint density at radius 2 is 2.00 bits per heavy atom. The van der Waals surface area contributed by atoms with Crippen LogP contribution in [-0.4, -0.2) is 51.4 Å².